The minimum atomic E-state index is -0.463. The van der Waals surface area contributed by atoms with Crippen molar-refractivity contribution in [1.29, 1.82) is 0 Å². The summed E-state index contributed by atoms with van der Waals surface area (Å²) in [5.74, 6) is 2.99. The highest BCUT2D eigenvalue weighted by atomic mass is 16.6. The maximum Gasteiger partial charge on any atom is 0.316 e. The normalized spacial score (nSPS) is 27.1. The highest BCUT2D eigenvalue weighted by Gasteiger charge is 2.44. The lowest BCUT2D eigenvalue weighted by Crippen LogP contribution is -2.50. The average molecular weight is 432 g/mol. The van der Waals surface area contributed by atoms with Crippen molar-refractivity contribution in [3.63, 3.8) is 0 Å². The molecule has 0 amide bonds. The van der Waals surface area contributed by atoms with E-state index >= 15 is 0 Å². The van der Waals surface area contributed by atoms with Crippen molar-refractivity contribution in [3.05, 3.63) is 23.3 Å². The Hall–Kier alpha value is -1.79. The molecule has 0 saturated carbocycles. The first-order chi connectivity index (χ1) is 14.8. The van der Waals surface area contributed by atoms with Gasteiger partial charge >= 0.3 is 5.97 Å². The lowest BCUT2D eigenvalue weighted by atomic mass is 9.74. The van der Waals surface area contributed by atoms with E-state index in [2.05, 4.69) is 30.9 Å². The number of benzene rings is 1. The van der Waals surface area contributed by atoms with Gasteiger partial charge < -0.3 is 18.9 Å². The topological polar surface area (TPSA) is 57.2 Å². The highest BCUT2D eigenvalue weighted by molar-refractivity contribution is 5.77. The van der Waals surface area contributed by atoms with Gasteiger partial charge in [-0.25, -0.2) is 0 Å². The molecule has 3 aliphatic rings. The van der Waals surface area contributed by atoms with Gasteiger partial charge in [0, 0.05) is 19.1 Å². The first-order valence-electron chi connectivity index (χ1n) is 11.6. The molecular formula is C25H37NO5. The summed E-state index contributed by atoms with van der Waals surface area (Å²) in [6, 6.07) is 4.63. The van der Waals surface area contributed by atoms with Gasteiger partial charge in [-0.15, -0.1) is 0 Å². The number of rotatable bonds is 7. The molecule has 0 aliphatic carbocycles. The Balaban J connectivity index is 1.54. The number of methoxy groups -OCH3 is 2. The van der Waals surface area contributed by atoms with Crippen molar-refractivity contribution >= 4 is 5.97 Å². The Morgan fingerprint density at radius 3 is 2.52 bits per heavy atom. The molecule has 2 saturated heterocycles. The average Bonchev–Trinajstić information content (AvgIpc) is 2.74. The fraction of sp³-hybridized carbons (Fsp3) is 0.720. The SMILES string of the molecule is COc1cc2c(cc1OC)[C@H]1C[C@@H](COC(=O)C3(C)COC3)[C@H](CC(C)C)CN1CC2. The van der Waals surface area contributed by atoms with Gasteiger partial charge in [-0.05, 0) is 67.2 Å². The third kappa shape index (κ3) is 4.42. The van der Waals surface area contributed by atoms with Crippen LogP contribution in [-0.4, -0.2) is 58.0 Å². The Labute approximate surface area is 186 Å². The Morgan fingerprint density at radius 1 is 1.19 bits per heavy atom. The molecule has 0 spiro atoms. The number of nitrogens with zero attached hydrogens (tertiary/aromatic N) is 1. The molecule has 3 heterocycles. The molecule has 1 aromatic rings. The van der Waals surface area contributed by atoms with E-state index in [9.17, 15) is 4.79 Å². The number of fused-ring (bicyclic) bond motifs is 3. The molecule has 0 bridgehead atoms. The quantitative estimate of drug-likeness (QED) is 0.611. The number of esters is 1. The summed E-state index contributed by atoms with van der Waals surface area (Å²) in [7, 11) is 3.38. The number of ether oxygens (including phenoxy) is 4. The molecule has 6 heteroatoms. The molecule has 6 nitrogen and oxygen atoms in total. The third-order valence-electron chi connectivity index (χ3n) is 7.31. The van der Waals surface area contributed by atoms with Gasteiger partial charge in [-0.2, -0.15) is 0 Å². The number of piperidine rings is 1. The second-order valence-electron chi connectivity index (χ2n) is 10.2. The van der Waals surface area contributed by atoms with E-state index in [-0.39, 0.29) is 5.97 Å². The number of carbonyl (C=O) groups is 1. The highest BCUT2D eigenvalue weighted by Crippen LogP contribution is 2.45. The van der Waals surface area contributed by atoms with Crippen LogP contribution >= 0.6 is 0 Å². The summed E-state index contributed by atoms with van der Waals surface area (Å²) in [4.78, 5) is 15.2. The zero-order valence-electron chi connectivity index (χ0n) is 19.6. The van der Waals surface area contributed by atoms with Crippen LogP contribution in [0.3, 0.4) is 0 Å². The summed E-state index contributed by atoms with van der Waals surface area (Å²) in [5, 5.41) is 0. The molecule has 172 valence electrons. The zero-order chi connectivity index (χ0) is 22.2. The van der Waals surface area contributed by atoms with Crippen LogP contribution in [0.1, 0.15) is 50.8 Å². The molecule has 0 unspecified atom stereocenters. The summed E-state index contributed by atoms with van der Waals surface area (Å²) < 4.78 is 22.2. The summed E-state index contributed by atoms with van der Waals surface area (Å²) >= 11 is 0. The van der Waals surface area contributed by atoms with E-state index in [0.29, 0.717) is 43.6 Å². The van der Waals surface area contributed by atoms with E-state index in [0.717, 1.165) is 43.9 Å². The van der Waals surface area contributed by atoms with Crippen LogP contribution in [0.25, 0.3) is 0 Å². The van der Waals surface area contributed by atoms with Crippen LogP contribution in [0.4, 0.5) is 0 Å². The maximum absolute atomic E-state index is 12.6. The zero-order valence-corrected chi connectivity index (χ0v) is 19.6. The van der Waals surface area contributed by atoms with E-state index in [1.165, 1.54) is 11.1 Å². The lowest BCUT2D eigenvalue weighted by molar-refractivity contribution is -0.184. The molecule has 1 aromatic carbocycles. The standard InChI is InChI=1S/C25H37NO5/c1-16(2)8-18-12-26-7-6-17-10-22(28-4)23(29-5)11-20(17)21(26)9-19(18)13-31-24(27)25(3)14-30-15-25/h10-11,16,18-19,21H,6-9,12-15H2,1-5H3/t18-,19+,21-/m1/s1. The smallest absolute Gasteiger partial charge is 0.316 e. The molecular weight excluding hydrogens is 394 g/mol. The molecule has 31 heavy (non-hydrogen) atoms. The second kappa shape index (κ2) is 8.99. The van der Waals surface area contributed by atoms with Crippen LogP contribution < -0.4 is 9.47 Å². The van der Waals surface area contributed by atoms with Crippen molar-refractivity contribution in [2.75, 3.05) is 47.1 Å². The summed E-state index contributed by atoms with van der Waals surface area (Å²) in [6.45, 7) is 10.1. The second-order valence-corrected chi connectivity index (χ2v) is 10.2. The predicted octanol–water partition coefficient (Wildman–Crippen LogP) is 3.86. The molecule has 0 N–H and O–H groups in total. The van der Waals surface area contributed by atoms with Gasteiger partial charge in [0.1, 0.15) is 5.41 Å². The van der Waals surface area contributed by atoms with Crippen LogP contribution in [-0.2, 0) is 20.7 Å². The molecule has 4 rings (SSSR count). The van der Waals surface area contributed by atoms with Crippen LogP contribution in [0.15, 0.2) is 12.1 Å². The van der Waals surface area contributed by atoms with Crippen molar-refractivity contribution in [2.24, 2.45) is 23.2 Å². The Bertz CT molecular complexity index is 803. The lowest BCUT2D eigenvalue weighted by Gasteiger charge is -2.48. The molecule has 0 aromatic heterocycles. The number of hydrogen-bond acceptors (Lipinski definition) is 6. The maximum atomic E-state index is 12.6. The fourth-order valence-electron chi connectivity index (χ4n) is 5.46. The minimum absolute atomic E-state index is 0.111. The third-order valence-corrected chi connectivity index (χ3v) is 7.31. The fourth-order valence-corrected chi connectivity index (χ4v) is 5.46. The van der Waals surface area contributed by atoms with Crippen LogP contribution in [0.2, 0.25) is 0 Å². The van der Waals surface area contributed by atoms with Gasteiger partial charge in [0.25, 0.3) is 0 Å². The van der Waals surface area contributed by atoms with Crippen molar-refractivity contribution < 1.29 is 23.7 Å². The molecule has 2 fully saturated rings. The number of hydrogen-bond donors (Lipinski definition) is 0. The summed E-state index contributed by atoms with van der Waals surface area (Å²) in [5.41, 5.74) is 2.22. The van der Waals surface area contributed by atoms with Crippen LogP contribution in [0.5, 0.6) is 11.5 Å². The monoisotopic (exact) mass is 431 g/mol. The van der Waals surface area contributed by atoms with Gasteiger partial charge in [0.15, 0.2) is 11.5 Å². The van der Waals surface area contributed by atoms with Gasteiger partial charge in [-0.1, -0.05) is 13.8 Å². The first kappa shape index (κ1) is 22.4. The van der Waals surface area contributed by atoms with Crippen molar-refractivity contribution in [2.45, 2.75) is 46.1 Å². The summed E-state index contributed by atoms with van der Waals surface area (Å²) in [6.07, 6.45) is 3.18. The molecule has 3 atom stereocenters. The largest absolute Gasteiger partial charge is 0.493 e. The molecule has 3 aliphatic heterocycles. The van der Waals surface area contributed by atoms with E-state index in [1.807, 2.05) is 6.92 Å². The molecule has 0 radical (unpaired) electrons. The Kier molecular flexibility index (Phi) is 6.50. The number of carbonyl (C=O) groups excluding carboxylic acids is 1. The Morgan fingerprint density at radius 2 is 1.90 bits per heavy atom. The van der Waals surface area contributed by atoms with Crippen molar-refractivity contribution in [1.82, 2.24) is 4.90 Å². The van der Waals surface area contributed by atoms with E-state index < -0.39 is 5.41 Å². The van der Waals surface area contributed by atoms with Gasteiger partial charge in [-0.3, -0.25) is 9.69 Å². The van der Waals surface area contributed by atoms with Gasteiger partial charge in [0.05, 0.1) is 34.0 Å². The minimum Gasteiger partial charge on any atom is -0.493 e. The first-order valence-corrected chi connectivity index (χ1v) is 11.6. The van der Waals surface area contributed by atoms with Crippen molar-refractivity contribution in [3.8, 4) is 11.5 Å². The van der Waals surface area contributed by atoms with E-state index in [4.69, 9.17) is 18.9 Å². The predicted molar refractivity (Wildman–Crippen MR) is 119 cm³/mol. The van der Waals surface area contributed by atoms with Gasteiger partial charge in [0.2, 0.25) is 0 Å². The van der Waals surface area contributed by atoms with Crippen LogP contribution in [0, 0.1) is 23.2 Å². The van der Waals surface area contributed by atoms with E-state index in [1.54, 1.807) is 14.2 Å².